The summed E-state index contributed by atoms with van der Waals surface area (Å²) in [5.74, 6) is -0.246. The number of nitrogens with one attached hydrogen (secondary N) is 1. The Balaban J connectivity index is 1.57. The van der Waals surface area contributed by atoms with E-state index in [-0.39, 0.29) is 18.0 Å². The van der Waals surface area contributed by atoms with Gasteiger partial charge in [0.05, 0.1) is 22.8 Å². The summed E-state index contributed by atoms with van der Waals surface area (Å²) in [5.41, 5.74) is -0.349. The van der Waals surface area contributed by atoms with E-state index >= 15 is 0 Å². The first-order chi connectivity index (χ1) is 13.3. The number of carbonyl (C=O) groups excluding carboxylic acids is 2. The zero-order chi connectivity index (χ0) is 21.6. The number of amides is 2. The number of carbonyl (C=O) groups is 2. The normalized spacial score (nSPS) is 20.9. The van der Waals surface area contributed by atoms with Crippen LogP contribution in [0.5, 0.6) is 0 Å². The topological polar surface area (TPSA) is 90.0 Å². The van der Waals surface area contributed by atoms with E-state index in [0.29, 0.717) is 24.1 Å². The van der Waals surface area contributed by atoms with Gasteiger partial charge >= 0.3 is 13.2 Å². The highest BCUT2D eigenvalue weighted by Crippen LogP contribution is 2.36. The minimum absolute atomic E-state index is 0.115. The summed E-state index contributed by atoms with van der Waals surface area (Å²) in [6, 6.07) is 1.62. The number of nitrogens with zero attached hydrogens (tertiary/aromatic N) is 2. The number of likely N-dealkylation sites (tertiary alicyclic amines) is 1. The van der Waals surface area contributed by atoms with Gasteiger partial charge in [0.1, 0.15) is 5.60 Å². The molecule has 2 aliphatic heterocycles. The van der Waals surface area contributed by atoms with Gasteiger partial charge < -0.3 is 24.3 Å². The average Bonchev–Trinajstić information content (AvgIpc) is 2.76. The van der Waals surface area contributed by atoms with Crippen LogP contribution in [0.25, 0.3) is 0 Å². The molecule has 0 bridgehead atoms. The molecular weight excluding hydrogens is 373 g/mol. The first-order valence-electron chi connectivity index (χ1n) is 9.87. The molecule has 1 N–H and O–H groups in total. The quantitative estimate of drug-likeness (QED) is 0.774. The zero-order valence-electron chi connectivity index (χ0n) is 18.2. The van der Waals surface area contributed by atoms with E-state index in [2.05, 4.69) is 10.3 Å². The van der Waals surface area contributed by atoms with Crippen LogP contribution in [0.1, 0.15) is 58.8 Å². The summed E-state index contributed by atoms with van der Waals surface area (Å²) in [6.07, 6.45) is 2.79. The highest BCUT2D eigenvalue weighted by atomic mass is 16.7. The smallest absolute Gasteiger partial charge is 0.444 e. The molecule has 3 heterocycles. The second-order valence-electron chi connectivity index (χ2n) is 9.65. The average molecular weight is 403 g/mol. The molecule has 0 unspecified atom stereocenters. The predicted octanol–water partition coefficient (Wildman–Crippen LogP) is 1.73. The van der Waals surface area contributed by atoms with Gasteiger partial charge in [-0.15, -0.1) is 0 Å². The van der Waals surface area contributed by atoms with Crippen molar-refractivity contribution < 1.29 is 23.6 Å². The molecule has 158 valence electrons. The third-order valence-electron chi connectivity index (χ3n) is 5.42. The fourth-order valence-corrected chi connectivity index (χ4v) is 3.00. The van der Waals surface area contributed by atoms with E-state index in [0.717, 1.165) is 0 Å². The zero-order valence-corrected chi connectivity index (χ0v) is 18.2. The fourth-order valence-electron chi connectivity index (χ4n) is 3.00. The van der Waals surface area contributed by atoms with Crippen molar-refractivity contribution in [2.45, 2.75) is 71.3 Å². The molecule has 29 heavy (non-hydrogen) atoms. The van der Waals surface area contributed by atoms with E-state index in [1.807, 2.05) is 48.5 Å². The summed E-state index contributed by atoms with van der Waals surface area (Å²) in [6.45, 7) is 14.2. The number of pyridine rings is 1. The van der Waals surface area contributed by atoms with Gasteiger partial charge in [-0.25, -0.2) is 4.79 Å². The van der Waals surface area contributed by atoms with Crippen LogP contribution in [0.2, 0.25) is 0 Å². The fraction of sp³-hybridized carbons (Fsp3) is 0.650. The minimum Gasteiger partial charge on any atom is -0.444 e. The lowest BCUT2D eigenvalue weighted by Gasteiger charge is -2.39. The van der Waals surface area contributed by atoms with Crippen LogP contribution in [-0.4, -0.2) is 64.9 Å². The lowest BCUT2D eigenvalue weighted by atomic mass is 9.79. The van der Waals surface area contributed by atoms with Gasteiger partial charge in [0, 0.05) is 30.9 Å². The summed E-state index contributed by atoms with van der Waals surface area (Å²) >= 11 is 0. The van der Waals surface area contributed by atoms with Gasteiger partial charge in [0.2, 0.25) is 0 Å². The molecule has 0 aliphatic carbocycles. The van der Waals surface area contributed by atoms with Crippen LogP contribution in [0.4, 0.5) is 4.79 Å². The Morgan fingerprint density at radius 1 is 1.17 bits per heavy atom. The molecule has 8 nitrogen and oxygen atoms in total. The summed E-state index contributed by atoms with van der Waals surface area (Å²) in [4.78, 5) is 30.3. The molecule has 9 heteroatoms. The highest BCUT2D eigenvalue weighted by molar-refractivity contribution is 6.62. The molecule has 2 amide bonds. The van der Waals surface area contributed by atoms with Crippen molar-refractivity contribution >= 4 is 24.6 Å². The maximum atomic E-state index is 12.6. The van der Waals surface area contributed by atoms with Crippen molar-refractivity contribution in [2.75, 3.05) is 13.1 Å². The van der Waals surface area contributed by atoms with Crippen LogP contribution in [0.3, 0.4) is 0 Å². The summed E-state index contributed by atoms with van der Waals surface area (Å²) in [5, 5.41) is 2.92. The predicted molar refractivity (Wildman–Crippen MR) is 109 cm³/mol. The van der Waals surface area contributed by atoms with Gasteiger partial charge in [-0.2, -0.15) is 0 Å². The Morgan fingerprint density at radius 2 is 1.76 bits per heavy atom. The molecule has 0 atom stereocenters. The van der Waals surface area contributed by atoms with Crippen LogP contribution in [0.15, 0.2) is 18.5 Å². The Morgan fingerprint density at radius 3 is 2.31 bits per heavy atom. The van der Waals surface area contributed by atoms with Gasteiger partial charge in [-0.1, -0.05) is 0 Å². The highest BCUT2D eigenvalue weighted by Gasteiger charge is 2.52. The van der Waals surface area contributed by atoms with Crippen molar-refractivity contribution in [3.63, 3.8) is 0 Å². The standard InChI is InChI=1S/C20H30BN3O5/c1-18(2,3)27-17(26)24-11-15(12-24)23-16(25)13-8-14(10-22-9-13)21-28-19(4,5)20(6,7)29-21/h8-10,15H,11-12H2,1-7H3,(H,23,25). The number of rotatable bonds is 3. The van der Waals surface area contributed by atoms with Gasteiger partial charge in [0.25, 0.3) is 5.91 Å². The molecule has 1 aromatic rings. The van der Waals surface area contributed by atoms with E-state index in [1.54, 1.807) is 17.2 Å². The molecule has 2 saturated heterocycles. The second kappa shape index (κ2) is 7.29. The van der Waals surface area contributed by atoms with Crippen molar-refractivity contribution in [3.05, 3.63) is 24.0 Å². The first kappa shape index (κ1) is 21.6. The molecule has 0 spiro atoms. The molecule has 1 aromatic heterocycles. The molecular formula is C20H30BN3O5. The maximum absolute atomic E-state index is 12.6. The number of hydrogen-bond donors (Lipinski definition) is 1. The molecule has 2 aliphatic rings. The first-order valence-corrected chi connectivity index (χ1v) is 9.87. The third kappa shape index (κ3) is 4.72. The van der Waals surface area contributed by atoms with E-state index in [1.165, 1.54) is 6.20 Å². The molecule has 0 radical (unpaired) electrons. The van der Waals surface area contributed by atoms with Crippen molar-refractivity contribution in [2.24, 2.45) is 0 Å². The van der Waals surface area contributed by atoms with Gasteiger partial charge in [0.15, 0.2) is 0 Å². The van der Waals surface area contributed by atoms with Crippen LogP contribution >= 0.6 is 0 Å². The van der Waals surface area contributed by atoms with Crippen molar-refractivity contribution in [1.29, 1.82) is 0 Å². The lowest BCUT2D eigenvalue weighted by molar-refractivity contribution is 0.00532. The monoisotopic (exact) mass is 403 g/mol. The Kier molecular flexibility index (Phi) is 5.42. The largest absolute Gasteiger partial charge is 0.496 e. The van der Waals surface area contributed by atoms with Crippen LogP contribution in [-0.2, 0) is 14.0 Å². The summed E-state index contributed by atoms with van der Waals surface area (Å²) in [7, 11) is -0.577. The van der Waals surface area contributed by atoms with E-state index in [9.17, 15) is 9.59 Å². The van der Waals surface area contributed by atoms with Crippen molar-refractivity contribution in [3.8, 4) is 0 Å². The Labute approximate surface area is 172 Å². The number of hydrogen-bond acceptors (Lipinski definition) is 6. The van der Waals surface area contributed by atoms with E-state index in [4.69, 9.17) is 14.0 Å². The SMILES string of the molecule is CC(C)(C)OC(=O)N1CC(NC(=O)c2cncc(B3OC(C)(C)C(C)(C)O3)c2)C1. The molecule has 2 fully saturated rings. The van der Waals surface area contributed by atoms with Crippen LogP contribution in [0, 0.1) is 0 Å². The molecule has 0 aromatic carbocycles. The lowest BCUT2D eigenvalue weighted by Crippen LogP contribution is -2.61. The minimum atomic E-state index is -0.577. The summed E-state index contributed by atoms with van der Waals surface area (Å²) < 4.78 is 17.4. The van der Waals surface area contributed by atoms with Gasteiger partial charge in [-0.3, -0.25) is 9.78 Å². The Bertz CT molecular complexity index is 784. The number of aromatic nitrogens is 1. The van der Waals surface area contributed by atoms with Crippen molar-refractivity contribution in [1.82, 2.24) is 15.2 Å². The van der Waals surface area contributed by atoms with Crippen LogP contribution < -0.4 is 10.8 Å². The van der Waals surface area contributed by atoms with Gasteiger partial charge in [-0.05, 0) is 54.5 Å². The molecule has 3 rings (SSSR count). The maximum Gasteiger partial charge on any atom is 0.496 e. The number of ether oxygens (including phenoxy) is 1. The third-order valence-corrected chi connectivity index (χ3v) is 5.42. The second-order valence-corrected chi connectivity index (χ2v) is 9.65. The van der Waals surface area contributed by atoms with E-state index < -0.39 is 23.9 Å². The Hall–Kier alpha value is -2.13. The molecule has 0 saturated carbocycles.